The summed E-state index contributed by atoms with van der Waals surface area (Å²) in [6.45, 7) is 0.567. The third-order valence-corrected chi connectivity index (χ3v) is 4.34. The van der Waals surface area contributed by atoms with Crippen LogP contribution in [0, 0.1) is 0 Å². The fourth-order valence-electron chi connectivity index (χ4n) is 2.13. The lowest BCUT2D eigenvalue weighted by Gasteiger charge is -1.98. The van der Waals surface area contributed by atoms with E-state index < -0.39 is 0 Å². The Morgan fingerprint density at radius 1 is 1.21 bits per heavy atom. The van der Waals surface area contributed by atoms with Crippen molar-refractivity contribution >= 4 is 16.3 Å². The molecule has 1 aliphatic rings. The molecular weight excluding hydrogens is 258 g/mol. The fourth-order valence-corrected chi connectivity index (χ4v) is 2.98. The van der Waals surface area contributed by atoms with Gasteiger partial charge in [-0.1, -0.05) is 35.6 Å². The molecule has 0 bridgehead atoms. The van der Waals surface area contributed by atoms with Crippen LogP contribution in [-0.4, -0.2) is 19.8 Å². The number of benzene rings is 1. The van der Waals surface area contributed by atoms with E-state index in [0.29, 0.717) is 12.5 Å². The second kappa shape index (κ2) is 4.11. The monoisotopic (exact) mass is 271 g/mol. The highest BCUT2D eigenvalue weighted by atomic mass is 32.1. The van der Waals surface area contributed by atoms with Crippen molar-refractivity contribution in [3.05, 3.63) is 35.7 Å². The van der Waals surface area contributed by atoms with Gasteiger partial charge in [0.25, 0.3) is 0 Å². The van der Waals surface area contributed by atoms with E-state index in [1.54, 1.807) is 11.3 Å². The summed E-state index contributed by atoms with van der Waals surface area (Å²) in [5.41, 5.74) is 7.84. The largest absolute Gasteiger partial charge is 0.326 e. The van der Waals surface area contributed by atoms with E-state index in [1.165, 1.54) is 12.8 Å². The van der Waals surface area contributed by atoms with Crippen molar-refractivity contribution in [3.63, 3.8) is 0 Å². The molecule has 0 atom stereocenters. The lowest BCUT2D eigenvalue weighted by Crippen LogP contribution is -1.95. The van der Waals surface area contributed by atoms with E-state index >= 15 is 0 Å². The third kappa shape index (κ3) is 1.84. The van der Waals surface area contributed by atoms with Crippen LogP contribution in [0.15, 0.2) is 24.3 Å². The number of rotatable bonds is 3. The van der Waals surface area contributed by atoms with Crippen molar-refractivity contribution in [3.8, 4) is 10.6 Å². The van der Waals surface area contributed by atoms with Crippen molar-refractivity contribution in [2.24, 2.45) is 5.73 Å². The maximum atomic E-state index is 5.61. The zero-order valence-corrected chi connectivity index (χ0v) is 11.1. The first-order chi connectivity index (χ1) is 9.35. The molecule has 0 amide bonds. The van der Waals surface area contributed by atoms with Gasteiger partial charge in [-0.2, -0.15) is 9.61 Å². The Morgan fingerprint density at radius 2 is 2.00 bits per heavy atom. The molecule has 2 aromatic heterocycles. The van der Waals surface area contributed by atoms with Gasteiger partial charge in [0.15, 0.2) is 5.82 Å². The van der Waals surface area contributed by atoms with Gasteiger partial charge in [0, 0.05) is 18.0 Å². The minimum absolute atomic E-state index is 0.560. The topological polar surface area (TPSA) is 69.1 Å². The number of hydrogen-bond donors (Lipinski definition) is 1. The van der Waals surface area contributed by atoms with E-state index in [1.807, 2.05) is 16.6 Å². The Hall–Kier alpha value is -1.79. The molecule has 1 aromatic carbocycles. The number of aromatic nitrogens is 4. The number of nitrogens with zero attached hydrogens (tertiary/aromatic N) is 4. The molecule has 0 spiro atoms. The highest BCUT2D eigenvalue weighted by molar-refractivity contribution is 7.19. The first kappa shape index (κ1) is 11.1. The fraction of sp³-hybridized carbons (Fsp3) is 0.308. The van der Waals surface area contributed by atoms with Gasteiger partial charge < -0.3 is 5.73 Å². The quantitative estimate of drug-likeness (QED) is 0.792. The Balaban J connectivity index is 1.77. The van der Waals surface area contributed by atoms with Gasteiger partial charge in [-0.05, 0) is 18.4 Å². The lowest BCUT2D eigenvalue weighted by atomic mass is 10.1. The molecule has 6 heteroatoms. The van der Waals surface area contributed by atoms with Gasteiger partial charge in [-0.3, -0.25) is 0 Å². The van der Waals surface area contributed by atoms with E-state index in [2.05, 4.69) is 27.4 Å². The van der Waals surface area contributed by atoms with Crippen molar-refractivity contribution in [1.82, 2.24) is 19.8 Å². The summed E-state index contributed by atoms with van der Waals surface area (Å²) in [7, 11) is 0. The number of nitrogens with two attached hydrogens (primary N) is 1. The first-order valence-corrected chi connectivity index (χ1v) is 7.18. The minimum atomic E-state index is 0.560. The van der Waals surface area contributed by atoms with Gasteiger partial charge in [-0.25, -0.2) is 0 Å². The predicted octanol–water partition coefficient (Wildman–Crippen LogP) is 2.19. The molecule has 1 aliphatic carbocycles. The second-order valence-corrected chi connectivity index (χ2v) is 5.79. The maximum absolute atomic E-state index is 5.61. The van der Waals surface area contributed by atoms with Gasteiger partial charge in [0.2, 0.25) is 4.96 Å². The summed E-state index contributed by atoms with van der Waals surface area (Å²) in [4.78, 5) is 0.875. The van der Waals surface area contributed by atoms with Crippen LogP contribution in [-0.2, 0) is 6.54 Å². The van der Waals surface area contributed by atoms with Crippen LogP contribution in [0.5, 0.6) is 0 Å². The van der Waals surface area contributed by atoms with Gasteiger partial charge >= 0.3 is 0 Å². The number of hydrogen-bond acceptors (Lipinski definition) is 5. The molecule has 0 aliphatic heterocycles. The van der Waals surface area contributed by atoms with Crippen molar-refractivity contribution < 1.29 is 0 Å². The molecular formula is C13H13N5S. The summed E-state index contributed by atoms with van der Waals surface area (Å²) in [6, 6.07) is 8.20. The molecule has 1 fully saturated rings. The normalized spacial score (nSPS) is 15.2. The maximum Gasteiger partial charge on any atom is 0.234 e. The Kier molecular flexibility index (Phi) is 2.39. The number of fused-ring (bicyclic) bond motifs is 1. The van der Waals surface area contributed by atoms with Gasteiger partial charge in [0.1, 0.15) is 5.01 Å². The Morgan fingerprint density at radius 3 is 2.68 bits per heavy atom. The van der Waals surface area contributed by atoms with Crippen LogP contribution in [0.1, 0.15) is 30.1 Å². The summed E-state index contributed by atoms with van der Waals surface area (Å²) in [5, 5.41) is 14.1. The molecule has 1 saturated carbocycles. The predicted molar refractivity (Wildman–Crippen MR) is 74.0 cm³/mol. The van der Waals surface area contributed by atoms with Crippen molar-refractivity contribution in [1.29, 1.82) is 0 Å². The van der Waals surface area contributed by atoms with E-state index in [0.717, 1.165) is 26.9 Å². The molecule has 4 rings (SSSR count). The van der Waals surface area contributed by atoms with Crippen LogP contribution in [0.4, 0.5) is 0 Å². The van der Waals surface area contributed by atoms with E-state index in [-0.39, 0.29) is 0 Å². The average molecular weight is 271 g/mol. The van der Waals surface area contributed by atoms with Crippen LogP contribution in [0.25, 0.3) is 15.5 Å². The molecule has 5 nitrogen and oxygen atoms in total. The lowest BCUT2D eigenvalue weighted by molar-refractivity contribution is 0.828. The van der Waals surface area contributed by atoms with Crippen LogP contribution in [0.3, 0.4) is 0 Å². The SMILES string of the molecule is NCc1ccc(-c2nn3c(C4CC4)nnc3s2)cc1. The average Bonchev–Trinajstić information content (AvgIpc) is 3.08. The van der Waals surface area contributed by atoms with Gasteiger partial charge in [-0.15, -0.1) is 10.2 Å². The molecule has 0 radical (unpaired) electrons. The first-order valence-electron chi connectivity index (χ1n) is 6.36. The Bertz CT molecular complexity index is 723. The summed E-state index contributed by atoms with van der Waals surface area (Å²) in [5.74, 6) is 1.57. The molecule has 96 valence electrons. The summed E-state index contributed by atoms with van der Waals surface area (Å²) < 4.78 is 1.90. The molecule has 0 unspecified atom stereocenters. The second-order valence-electron chi connectivity index (χ2n) is 4.84. The molecule has 2 heterocycles. The van der Waals surface area contributed by atoms with Gasteiger partial charge in [0.05, 0.1) is 0 Å². The summed E-state index contributed by atoms with van der Waals surface area (Å²) in [6.07, 6.45) is 2.41. The van der Waals surface area contributed by atoms with Crippen LogP contribution >= 0.6 is 11.3 Å². The zero-order valence-electron chi connectivity index (χ0n) is 10.3. The highest BCUT2D eigenvalue weighted by Crippen LogP contribution is 2.39. The van der Waals surface area contributed by atoms with Crippen LogP contribution in [0.2, 0.25) is 0 Å². The van der Waals surface area contributed by atoms with Crippen molar-refractivity contribution in [2.75, 3.05) is 0 Å². The van der Waals surface area contributed by atoms with Crippen LogP contribution < -0.4 is 5.73 Å². The Labute approximate surface area is 114 Å². The standard InChI is InChI=1S/C13H13N5S/c14-7-8-1-3-10(4-2-8)12-17-18-11(9-5-6-9)15-16-13(18)19-12/h1-4,9H,5-7,14H2. The summed E-state index contributed by atoms with van der Waals surface area (Å²) >= 11 is 1.58. The van der Waals surface area contributed by atoms with E-state index in [9.17, 15) is 0 Å². The molecule has 0 saturated heterocycles. The minimum Gasteiger partial charge on any atom is -0.326 e. The molecule has 2 N–H and O–H groups in total. The zero-order chi connectivity index (χ0) is 12.8. The van der Waals surface area contributed by atoms with E-state index in [4.69, 9.17) is 5.73 Å². The molecule has 19 heavy (non-hydrogen) atoms. The highest BCUT2D eigenvalue weighted by Gasteiger charge is 2.30. The molecule has 3 aromatic rings. The third-order valence-electron chi connectivity index (χ3n) is 3.39. The van der Waals surface area contributed by atoms with Crippen molar-refractivity contribution in [2.45, 2.75) is 25.3 Å². The smallest absolute Gasteiger partial charge is 0.234 e.